The molecule has 26 heavy (non-hydrogen) atoms. The molecule has 0 rings (SSSR count). The van der Waals surface area contributed by atoms with Crippen LogP contribution in [0.15, 0.2) is 0 Å². The van der Waals surface area contributed by atoms with Crippen molar-refractivity contribution in [3.05, 3.63) is 0 Å². The summed E-state index contributed by atoms with van der Waals surface area (Å²) in [6.07, 6.45) is 0. The second-order valence-corrected chi connectivity index (χ2v) is 10.4. The van der Waals surface area contributed by atoms with E-state index in [0.717, 1.165) is 0 Å². The average molecular weight is 418 g/mol. The molecule has 0 aliphatic heterocycles. The van der Waals surface area contributed by atoms with Gasteiger partial charge >= 0.3 is 6.72 Å². The molecule has 6 N–H and O–H groups in total. The molecule has 0 aromatic carbocycles. The first-order valence-electron chi connectivity index (χ1n) is 9.44. The molecule has 6 nitrogen and oxygen atoms in total. The van der Waals surface area contributed by atoms with Crippen LogP contribution in [0.25, 0.3) is 0 Å². The predicted octanol–water partition coefficient (Wildman–Crippen LogP) is 3.37. The van der Waals surface area contributed by atoms with Gasteiger partial charge in [-0.1, -0.05) is 83.1 Å². The van der Waals surface area contributed by atoms with Crippen LogP contribution in [0.2, 0.25) is 0 Å². The smallest absolute Gasteiger partial charge is 0.319 e. The maximum absolute atomic E-state index is 7.56. The molecule has 0 aromatic heterocycles. The van der Waals surface area contributed by atoms with E-state index in [9.17, 15) is 0 Å². The first-order valence-corrected chi connectivity index (χ1v) is 12.1. The van der Waals surface area contributed by atoms with Crippen molar-refractivity contribution >= 4 is 18.5 Å². The Hall–Kier alpha value is 0.410. The first kappa shape index (κ1) is 34.0. The molecule has 0 unspecified atom stereocenters. The Balaban J connectivity index is -0.000000125. The van der Waals surface area contributed by atoms with Gasteiger partial charge in [0.25, 0.3) is 0 Å². The third kappa shape index (κ3) is 86.9. The Kier molecular flexibility index (Phi) is 26.3. The van der Waals surface area contributed by atoms with Crippen LogP contribution in [0.3, 0.4) is 0 Å². The third-order valence-electron chi connectivity index (χ3n) is 2.00. The van der Waals surface area contributed by atoms with Gasteiger partial charge in [0.15, 0.2) is 0 Å². The second kappa shape index (κ2) is 20.2. The normalized spacial score (nSPS) is 11.3. The first-order chi connectivity index (χ1) is 11.4. The maximum Gasteiger partial charge on any atom is 0.319 e. The largest absolute Gasteiger partial charge is 0.325 e. The van der Waals surface area contributed by atoms with Crippen LogP contribution in [-0.2, 0) is 11.8 Å². The summed E-state index contributed by atoms with van der Waals surface area (Å²) >= 11 is 3.60. The quantitative estimate of drug-likeness (QED) is 0.369. The maximum atomic E-state index is 7.56. The minimum absolute atomic E-state index is 0.625. The van der Waals surface area contributed by atoms with Crippen LogP contribution in [-0.4, -0.2) is 50.9 Å². The lowest BCUT2D eigenvalue weighted by Crippen LogP contribution is -2.29. The van der Waals surface area contributed by atoms with Crippen LogP contribution < -0.4 is 16.0 Å². The van der Waals surface area contributed by atoms with E-state index in [-0.39, 0.29) is 0 Å². The molecule has 8 heteroatoms. The van der Waals surface area contributed by atoms with E-state index < -0.39 is 6.72 Å². The van der Waals surface area contributed by atoms with Gasteiger partial charge < -0.3 is 30.6 Å². The van der Waals surface area contributed by atoms with Crippen molar-refractivity contribution in [3.8, 4) is 0 Å². The number of nitrogens with one attached hydrogen (secondary N) is 3. The summed E-state index contributed by atoms with van der Waals surface area (Å²) in [5.74, 6) is 0. The molecule has 0 heterocycles. The zero-order chi connectivity index (χ0) is 22.1. The molecule has 0 fully saturated rings. The molecule has 0 atom stereocenters. The van der Waals surface area contributed by atoms with Gasteiger partial charge in [0.2, 0.25) is 0 Å². The Bertz CT molecular complexity index is 261. The fourth-order valence-corrected chi connectivity index (χ4v) is 2.00. The number of hydrogen-bond donors (Lipinski definition) is 6. The van der Waals surface area contributed by atoms with Crippen molar-refractivity contribution in [3.63, 3.8) is 0 Å². The summed E-state index contributed by atoms with van der Waals surface area (Å²) in [6.45, 7) is 22.0. The molecule has 0 saturated carbocycles. The van der Waals surface area contributed by atoms with Gasteiger partial charge in [0, 0.05) is 36.3 Å². The highest BCUT2D eigenvalue weighted by molar-refractivity contribution is 8.06. The molecule has 0 aliphatic rings. The van der Waals surface area contributed by atoms with Crippen LogP contribution in [0.4, 0.5) is 0 Å². The van der Waals surface area contributed by atoms with E-state index in [1.165, 1.54) is 0 Å². The summed E-state index contributed by atoms with van der Waals surface area (Å²) in [6, 6.07) is 3.75. The van der Waals surface area contributed by atoms with Crippen molar-refractivity contribution in [2.75, 3.05) is 0 Å². The zero-order valence-electron chi connectivity index (χ0n) is 19.2. The Labute approximate surface area is 168 Å². The number of hydrogen-bond acceptors (Lipinski definition) is 4. The van der Waals surface area contributed by atoms with Crippen molar-refractivity contribution in [1.29, 1.82) is 0 Å². The Morgan fingerprint density at radius 3 is 0.538 bits per heavy atom. The van der Waals surface area contributed by atoms with Gasteiger partial charge in [0.05, 0.1) is 0 Å². The van der Waals surface area contributed by atoms with Crippen LogP contribution in [0.5, 0.6) is 0 Å². The molecule has 0 saturated heterocycles. The average Bonchev–Trinajstić information content (AvgIpc) is 2.20. The third-order valence-corrected chi connectivity index (χ3v) is 2.00. The molecule has 0 spiro atoms. The fraction of sp³-hybridized carbons (Fsp3) is 1.00. The second-order valence-electron chi connectivity index (χ2n) is 7.94. The molecule has 0 radical (unpaired) electrons. The number of rotatable bonds is 6. The van der Waals surface area contributed by atoms with Gasteiger partial charge in [-0.3, -0.25) is 0 Å². The van der Waals surface area contributed by atoms with Crippen molar-refractivity contribution in [2.24, 2.45) is 0 Å². The minimum atomic E-state index is -3.81. The Morgan fingerprint density at radius 1 is 0.462 bits per heavy atom. The predicted molar refractivity (Wildman–Crippen MR) is 121 cm³/mol. The van der Waals surface area contributed by atoms with Crippen LogP contribution in [0.1, 0.15) is 83.1 Å². The van der Waals surface area contributed by atoms with Crippen LogP contribution >= 0.6 is 6.72 Å². The summed E-state index contributed by atoms with van der Waals surface area (Å²) in [5.41, 5.74) is 0. The van der Waals surface area contributed by atoms with E-state index >= 15 is 0 Å². The van der Waals surface area contributed by atoms with E-state index in [0.29, 0.717) is 36.3 Å². The van der Waals surface area contributed by atoms with E-state index in [4.69, 9.17) is 14.7 Å². The lowest BCUT2D eigenvalue weighted by molar-refractivity contribution is 0.363. The van der Waals surface area contributed by atoms with E-state index in [2.05, 4.69) is 111 Å². The Morgan fingerprint density at radius 2 is 0.538 bits per heavy atom. The summed E-state index contributed by atoms with van der Waals surface area (Å²) in [7, 11) is 0. The van der Waals surface area contributed by atoms with Gasteiger partial charge in [-0.25, -0.2) is 0 Å². The topological polar surface area (TPSA) is 96.8 Å². The van der Waals surface area contributed by atoms with Gasteiger partial charge in [-0.2, -0.15) is 0 Å². The van der Waals surface area contributed by atoms with Crippen molar-refractivity contribution in [1.82, 2.24) is 16.0 Å². The SMILES string of the molecule is CC(C)NC(C)C.CC(C)NC(C)C.CC(C)NC(C)C.OP(O)(O)=S. The monoisotopic (exact) mass is 417 g/mol. The lowest BCUT2D eigenvalue weighted by atomic mass is 10.3. The lowest BCUT2D eigenvalue weighted by Gasteiger charge is -2.10. The van der Waals surface area contributed by atoms with Crippen molar-refractivity contribution < 1.29 is 14.7 Å². The van der Waals surface area contributed by atoms with E-state index in [1.807, 2.05) is 0 Å². The fourth-order valence-electron chi connectivity index (χ4n) is 2.00. The van der Waals surface area contributed by atoms with Crippen molar-refractivity contribution in [2.45, 2.75) is 119 Å². The molecule has 0 bridgehead atoms. The van der Waals surface area contributed by atoms with E-state index in [1.54, 1.807) is 0 Å². The van der Waals surface area contributed by atoms with Gasteiger partial charge in [-0.15, -0.1) is 0 Å². The highest BCUT2D eigenvalue weighted by Crippen LogP contribution is 2.26. The molecule has 0 amide bonds. The molecule has 0 aliphatic carbocycles. The summed E-state index contributed by atoms with van der Waals surface area (Å²) < 4.78 is 0. The summed E-state index contributed by atoms with van der Waals surface area (Å²) in [4.78, 5) is 22.7. The van der Waals surface area contributed by atoms with Crippen LogP contribution in [0, 0.1) is 0 Å². The standard InChI is InChI=1S/3C6H15N.H3O3PS/c3*1-5(2)7-6(3)4;1-4(2,3)5/h3*5-7H,1-4H3;(H3,1,2,3,5). The highest BCUT2D eigenvalue weighted by atomic mass is 32.5. The molecular weight excluding hydrogens is 369 g/mol. The molecular formula is C18H48N3O3PS. The molecule has 164 valence electrons. The van der Waals surface area contributed by atoms with Gasteiger partial charge in [0.1, 0.15) is 0 Å². The summed E-state index contributed by atoms with van der Waals surface area (Å²) in [5, 5.41) is 9.92. The van der Waals surface area contributed by atoms with Gasteiger partial charge in [-0.05, 0) is 11.8 Å². The minimum Gasteiger partial charge on any atom is -0.325 e. The zero-order valence-corrected chi connectivity index (χ0v) is 20.9. The molecule has 0 aromatic rings. The highest BCUT2D eigenvalue weighted by Gasteiger charge is 1.94.